The number of amides is 2. The highest BCUT2D eigenvalue weighted by molar-refractivity contribution is 6.42. The molecule has 1 aromatic carbocycles. The van der Waals surface area contributed by atoms with Gasteiger partial charge in [0.15, 0.2) is 0 Å². The molecule has 1 saturated heterocycles. The number of hydrogen-bond acceptors (Lipinski definition) is 3. The lowest BCUT2D eigenvalue weighted by Gasteiger charge is -2.32. The Hall–Kier alpha value is -1.79. The number of hydrogen-bond donors (Lipinski definition) is 2. The molecule has 8 heteroatoms. The van der Waals surface area contributed by atoms with Gasteiger partial charge >= 0.3 is 5.97 Å². The molecule has 2 amide bonds. The molecular weight excluding hydrogens is 319 g/mol. The van der Waals surface area contributed by atoms with Crippen LogP contribution >= 0.6 is 23.2 Å². The quantitative estimate of drug-likeness (QED) is 0.863. The van der Waals surface area contributed by atoms with E-state index in [9.17, 15) is 14.4 Å². The molecular formula is C13H12Cl2N2O4. The molecule has 21 heavy (non-hydrogen) atoms. The number of halogens is 2. The minimum atomic E-state index is -1.16. The lowest BCUT2D eigenvalue weighted by molar-refractivity contribution is -0.153. The van der Waals surface area contributed by atoms with Gasteiger partial charge < -0.3 is 15.3 Å². The van der Waals surface area contributed by atoms with Gasteiger partial charge in [-0.15, -0.1) is 0 Å². The number of carboxylic acid groups (broad SMARTS) is 1. The fraction of sp³-hybridized carbons (Fsp3) is 0.308. The molecule has 1 aliphatic heterocycles. The van der Waals surface area contributed by atoms with Crippen molar-refractivity contribution in [2.45, 2.75) is 12.5 Å². The summed E-state index contributed by atoms with van der Waals surface area (Å²) >= 11 is 11.7. The monoisotopic (exact) mass is 330 g/mol. The van der Waals surface area contributed by atoms with Crippen LogP contribution in [0, 0.1) is 0 Å². The maximum Gasteiger partial charge on any atom is 0.328 e. The molecule has 0 saturated carbocycles. The summed E-state index contributed by atoms with van der Waals surface area (Å²) < 4.78 is 0. The number of nitrogens with zero attached hydrogens (tertiary/aromatic N) is 1. The fourth-order valence-electron chi connectivity index (χ4n) is 2.05. The summed E-state index contributed by atoms with van der Waals surface area (Å²) in [5, 5.41) is 12.2. The lowest BCUT2D eigenvalue weighted by atomic mass is 10.1. The van der Waals surface area contributed by atoms with E-state index in [1.165, 1.54) is 0 Å². The van der Waals surface area contributed by atoms with E-state index in [1.54, 1.807) is 18.2 Å². The molecule has 1 atom stereocenters. The summed E-state index contributed by atoms with van der Waals surface area (Å²) in [6, 6.07) is 3.68. The van der Waals surface area contributed by atoms with Gasteiger partial charge in [-0.25, -0.2) is 4.79 Å². The van der Waals surface area contributed by atoms with E-state index >= 15 is 0 Å². The molecule has 1 unspecified atom stereocenters. The average molecular weight is 331 g/mol. The van der Waals surface area contributed by atoms with Crippen LogP contribution in [0.1, 0.15) is 5.56 Å². The molecule has 0 radical (unpaired) electrons. The number of carbonyl (C=O) groups is 3. The second-order valence-electron chi connectivity index (χ2n) is 4.60. The zero-order valence-corrected chi connectivity index (χ0v) is 12.3. The van der Waals surface area contributed by atoms with Crippen LogP contribution in [0.15, 0.2) is 18.2 Å². The first-order chi connectivity index (χ1) is 9.88. The van der Waals surface area contributed by atoms with Crippen molar-refractivity contribution in [1.29, 1.82) is 0 Å². The second-order valence-corrected chi connectivity index (χ2v) is 5.42. The standard InChI is InChI=1S/C13H12Cl2N2O4/c14-8-2-1-7(3-9(8)15)4-12(19)17-6-11(18)16-5-10(17)13(20)21/h1-3,10H,4-6H2,(H,16,18)(H,20,21). The topological polar surface area (TPSA) is 86.7 Å². The minimum absolute atomic E-state index is 0.0477. The number of benzene rings is 1. The molecule has 1 heterocycles. The Morgan fingerprint density at radius 1 is 1.33 bits per heavy atom. The highest BCUT2D eigenvalue weighted by Gasteiger charge is 2.34. The number of piperazine rings is 1. The first kappa shape index (κ1) is 15.6. The molecule has 2 N–H and O–H groups in total. The zero-order valence-electron chi connectivity index (χ0n) is 10.8. The van der Waals surface area contributed by atoms with Crippen molar-refractivity contribution in [3.05, 3.63) is 33.8 Å². The summed E-state index contributed by atoms with van der Waals surface area (Å²) in [5.41, 5.74) is 0.601. The summed E-state index contributed by atoms with van der Waals surface area (Å²) in [6.45, 7) is -0.363. The van der Waals surface area contributed by atoms with Gasteiger partial charge in [0, 0.05) is 6.54 Å². The summed E-state index contributed by atoms with van der Waals surface area (Å²) in [6.07, 6.45) is -0.0477. The minimum Gasteiger partial charge on any atom is -0.480 e. The molecule has 1 aromatic rings. The van der Waals surface area contributed by atoms with Gasteiger partial charge in [-0.05, 0) is 17.7 Å². The van der Waals surface area contributed by atoms with Crippen LogP contribution in [-0.4, -0.2) is 46.9 Å². The molecule has 0 bridgehead atoms. The molecule has 0 spiro atoms. The number of nitrogens with one attached hydrogen (secondary N) is 1. The Morgan fingerprint density at radius 3 is 2.67 bits per heavy atom. The van der Waals surface area contributed by atoms with Gasteiger partial charge in [-0.1, -0.05) is 29.3 Å². The Morgan fingerprint density at radius 2 is 2.05 bits per heavy atom. The van der Waals surface area contributed by atoms with Crippen LogP contribution in [-0.2, 0) is 20.8 Å². The Bertz CT molecular complexity index is 606. The number of rotatable bonds is 3. The predicted octanol–water partition coefficient (Wildman–Crippen LogP) is 0.948. The van der Waals surface area contributed by atoms with Gasteiger partial charge in [0.1, 0.15) is 12.6 Å². The van der Waals surface area contributed by atoms with Crippen molar-refractivity contribution < 1.29 is 19.5 Å². The van der Waals surface area contributed by atoms with Crippen LogP contribution in [0.5, 0.6) is 0 Å². The smallest absolute Gasteiger partial charge is 0.328 e. The van der Waals surface area contributed by atoms with E-state index in [1.807, 2.05) is 0 Å². The van der Waals surface area contributed by atoms with Gasteiger partial charge in [-0.2, -0.15) is 0 Å². The molecule has 0 aliphatic carbocycles. The molecule has 2 rings (SSSR count). The van der Waals surface area contributed by atoms with E-state index < -0.39 is 17.9 Å². The first-order valence-electron chi connectivity index (χ1n) is 6.11. The third kappa shape index (κ3) is 3.65. The highest BCUT2D eigenvalue weighted by Crippen LogP contribution is 2.23. The largest absolute Gasteiger partial charge is 0.480 e. The number of carboxylic acids is 1. The van der Waals surface area contributed by atoms with Crippen LogP contribution in [0.3, 0.4) is 0 Å². The first-order valence-corrected chi connectivity index (χ1v) is 6.87. The Labute approximate surface area is 130 Å². The molecule has 6 nitrogen and oxygen atoms in total. The van der Waals surface area contributed by atoms with Crippen molar-refractivity contribution in [2.75, 3.05) is 13.1 Å². The summed E-state index contributed by atoms with van der Waals surface area (Å²) in [4.78, 5) is 35.8. The normalized spacial score (nSPS) is 18.3. The van der Waals surface area contributed by atoms with E-state index in [2.05, 4.69) is 5.32 Å². The third-order valence-corrected chi connectivity index (χ3v) is 3.87. The molecule has 1 aliphatic rings. The van der Waals surface area contributed by atoms with Gasteiger partial charge in [0.05, 0.1) is 16.5 Å². The lowest BCUT2D eigenvalue weighted by Crippen LogP contribution is -2.59. The molecule has 0 aromatic heterocycles. The van der Waals surface area contributed by atoms with Crippen molar-refractivity contribution in [1.82, 2.24) is 10.2 Å². The summed E-state index contributed by atoms with van der Waals surface area (Å²) in [5.74, 6) is -1.98. The maximum absolute atomic E-state index is 12.2. The van der Waals surface area contributed by atoms with Gasteiger partial charge in [0.2, 0.25) is 11.8 Å². The van der Waals surface area contributed by atoms with Crippen LogP contribution in [0.4, 0.5) is 0 Å². The van der Waals surface area contributed by atoms with Crippen molar-refractivity contribution in [3.8, 4) is 0 Å². The Balaban J connectivity index is 2.14. The maximum atomic E-state index is 12.2. The van der Waals surface area contributed by atoms with E-state index in [4.69, 9.17) is 28.3 Å². The van der Waals surface area contributed by atoms with Crippen molar-refractivity contribution in [3.63, 3.8) is 0 Å². The van der Waals surface area contributed by atoms with Gasteiger partial charge in [-0.3, -0.25) is 9.59 Å². The van der Waals surface area contributed by atoms with Crippen molar-refractivity contribution in [2.24, 2.45) is 0 Å². The SMILES string of the molecule is O=C1CN(C(=O)Cc2ccc(Cl)c(Cl)c2)C(C(=O)O)CN1. The van der Waals surface area contributed by atoms with E-state index in [-0.39, 0.29) is 25.4 Å². The molecule has 112 valence electrons. The zero-order chi connectivity index (χ0) is 15.6. The molecule has 1 fully saturated rings. The van der Waals surface area contributed by atoms with Crippen LogP contribution in [0.25, 0.3) is 0 Å². The summed E-state index contributed by atoms with van der Waals surface area (Å²) in [7, 11) is 0. The fourth-order valence-corrected chi connectivity index (χ4v) is 2.37. The number of aliphatic carboxylic acids is 1. The Kier molecular flexibility index (Phi) is 4.69. The predicted molar refractivity (Wildman–Crippen MR) is 76.3 cm³/mol. The van der Waals surface area contributed by atoms with Crippen LogP contribution in [0.2, 0.25) is 10.0 Å². The second kappa shape index (κ2) is 6.32. The van der Waals surface area contributed by atoms with Gasteiger partial charge in [0.25, 0.3) is 0 Å². The van der Waals surface area contributed by atoms with Crippen molar-refractivity contribution >= 4 is 41.0 Å². The average Bonchev–Trinajstić information content (AvgIpc) is 2.42. The third-order valence-electron chi connectivity index (χ3n) is 3.13. The number of carbonyl (C=O) groups excluding carboxylic acids is 2. The van der Waals surface area contributed by atoms with E-state index in [0.29, 0.717) is 15.6 Å². The highest BCUT2D eigenvalue weighted by atomic mass is 35.5. The van der Waals surface area contributed by atoms with Crippen LogP contribution < -0.4 is 5.32 Å². The van der Waals surface area contributed by atoms with E-state index in [0.717, 1.165) is 4.90 Å².